The van der Waals surface area contributed by atoms with Crippen molar-refractivity contribution in [1.29, 1.82) is 5.26 Å². The highest BCUT2D eigenvalue weighted by Crippen LogP contribution is 2.61. The monoisotopic (exact) mass is 420 g/mol. The van der Waals surface area contributed by atoms with Crippen LogP contribution in [0.1, 0.15) is 31.4 Å². The molecule has 9 heteroatoms. The molecule has 4 rings (SSSR count). The Morgan fingerprint density at radius 3 is 2.60 bits per heavy atom. The van der Waals surface area contributed by atoms with Gasteiger partial charge in [0.2, 0.25) is 11.8 Å². The minimum absolute atomic E-state index is 0.208. The third-order valence-electron chi connectivity index (χ3n) is 6.37. The molecule has 3 aliphatic heterocycles. The van der Waals surface area contributed by atoms with Gasteiger partial charge in [-0.3, -0.25) is 9.59 Å². The molecule has 2 unspecified atom stereocenters. The Morgan fingerprint density at radius 2 is 2.00 bits per heavy atom. The van der Waals surface area contributed by atoms with Gasteiger partial charge in [-0.15, -0.1) is 6.58 Å². The van der Waals surface area contributed by atoms with Crippen LogP contribution in [-0.2, 0) is 25.2 Å². The smallest absolute Gasteiger partial charge is 0.371 e. The molecule has 5 atom stereocenters. The van der Waals surface area contributed by atoms with E-state index in [0.29, 0.717) is 12.5 Å². The maximum atomic E-state index is 13.4. The number of hydrogen-bond acceptors (Lipinski definition) is 5. The fourth-order valence-electron chi connectivity index (χ4n) is 5.16. The molecule has 158 valence electrons. The Bertz CT molecular complexity index is 1000. The topological polar surface area (TPSA) is 79.6 Å². The van der Waals surface area contributed by atoms with Crippen LogP contribution in [0, 0.1) is 23.2 Å². The molecule has 0 aromatic heterocycles. The van der Waals surface area contributed by atoms with Gasteiger partial charge in [0.15, 0.2) is 0 Å². The van der Waals surface area contributed by atoms with Crippen molar-refractivity contribution in [3.63, 3.8) is 0 Å². The van der Waals surface area contributed by atoms with E-state index in [2.05, 4.69) is 6.58 Å². The number of imide groups is 1. The third kappa shape index (κ3) is 2.63. The van der Waals surface area contributed by atoms with Crippen molar-refractivity contribution >= 4 is 17.5 Å². The molecule has 1 aromatic rings. The highest BCUT2D eigenvalue weighted by Gasteiger charge is 2.76. The van der Waals surface area contributed by atoms with Gasteiger partial charge in [-0.05, 0) is 32.0 Å². The predicted octanol–water partition coefficient (Wildman–Crippen LogP) is 3.21. The third-order valence-corrected chi connectivity index (χ3v) is 6.37. The van der Waals surface area contributed by atoms with E-state index in [1.54, 1.807) is 19.9 Å². The van der Waals surface area contributed by atoms with Crippen molar-refractivity contribution in [2.45, 2.75) is 43.8 Å². The largest absolute Gasteiger partial charge is 0.417 e. The van der Waals surface area contributed by atoms with Gasteiger partial charge in [0.1, 0.15) is 5.60 Å². The Hall–Kier alpha value is -2.70. The van der Waals surface area contributed by atoms with Crippen molar-refractivity contribution < 1.29 is 32.2 Å². The second kappa shape index (κ2) is 6.40. The minimum atomic E-state index is -4.80. The van der Waals surface area contributed by atoms with Crippen LogP contribution in [0.4, 0.5) is 18.9 Å². The molecule has 3 fully saturated rings. The summed E-state index contributed by atoms with van der Waals surface area (Å²) in [6, 6.07) is 4.32. The summed E-state index contributed by atoms with van der Waals surface area (Å²) < 4.78 is 52.0. The summed E-state index contributed by atoms with van der Waals surface area (Å²) in [5, 5.41) is 8.98. The Balaban J connectivity index is 1.75. The first-order chi connectivity index (χ1) is 14.0. The highest BCUT2D eigenvalue weighted by atomic mass is 19.4. The van der Waals surface area contributed by atoms with E-state index in [1.807, 2.05) is 0 Å². The number of fused-ring (bicyclic) bond motifs is 5. The number of amides is 2. The molecular weight excluding hydrogens is 401 g/mol. The number of nitrogens with zero attached hydrogens (tertiary/aromatic N) is 2. The average molecular weight is 420 g/mol. The Kier molecular flexibility index (Phi) is 4.39. The summed E-state index contributed by atoms with van der Waals surface area (Å²) in [7, 11) is 0. The Labute approximate surface area is 170 Å². The molecule has 30 heavy (non-hydrogen) atoms. The van der Waals surface area contributed by atoms with E-state index < -0.39 is 58.3 Å². The van der Waals surface area contributed by atoms with Gasteiger partial charge in [-0.25, -0.2) is 4.90 Å². The molecule has 0 spiro atoms. The predicted molar refractivity (Wildman–Crippen MR) is 98.1 cm³/mol. The van der Waals surface area contributed by atoms with Crippen LogP contribution in [0.3, 0.4) is 0 Å². The van der Waals surface area contributed by atoms with Crippen LogP contribution in [0.2, 0.25) is 0 Å². The first-order valence-electron chi connectivity index (χ1n) is 9.40. The average Bonchev–Trinajstić information content (AvgIpc) is 3.19. The normalized spacial score (nSPS) is 34.9. The van der Waals surface area contributed by atoms with E-state index >= 15 is 0 Å². The van der Waals surface area contributed by atoms with Crippen molar-refractivity contribution in [2.75, 3.05) is 11.5 Å². The van der Waals surface area contributed by atoms with Crippen LogP contribution >= 0.6 is 0 Å². The van der Waals surface area contributed by atoms with Crippen LogP contribution in [0.5, 0.6) is 0 Å². The van der Waals surface area contributed by atoms with Gasteiger partial charge in [0.25, 0.3) is 0 Å². The van der Waals surface area contributed by atoms with E-state index in [9.17, 15) is 22.8 Å². The number of halogens is 3. The minimum Gasteiger partial charge on any atom is -0.371 e. The summed E-state index contributed by atoms with van der Waals surface area (Å²) in [6.45, 7) is 7.27. The SMILES string of the molecule is C=CCO[C@@H]1CC2(C)OC1(C)[C@H]1C(=O)N(c3ccc(C#N)c(C(F)(F)F)c3)C(=O)[C@H]12. The maximum Gasteiger partial charge on any atom is 0.417 e. The van der Waals surface area contributed by atoms with E-state index in [-0.39, 0.29) is 12.3 Å². The lowest BCUT2D eigenvalue weighted by Gasteiger charge is -2.34. The fraction of sp³-hybridized carbons (Fsp3) is 0.476. The van der Waals surface area contributed by atoms with Crippen molar-refractivity contribution in [3.8, 4) is 6.07 Å². The van der Waals surface area contributed by atoms with Crippen molar-refractivity contribution in [1.82, 2.24) is 0 Å². The molecule has 2 bridgehead atoms. The number of alkyl halides is 3. The number of benzene rings is 1. The zero-order valence-electron chi connectivity index (χ0n) is 16.3. The number of ether oxygens (including phenoxy) is 2. The van der Waals surface area contributed by atoms with Gasteiger partial charge in [0, 0.05) is 6.42 Å². The zero-order valence-corrected chi connectivity index (χ0v) is 16.3. The lowest BCUT2D eigenvalue weighted by Crippen LogP contribution is -2.50. The molecule has 0 N–H and O–H groups in total. The molecule has 3 heterocycles. The maximum absolute atomic E-state index is 13.4. The molecule has 0 radical (unpaired) electrons. The molecule has 3 aliphatic rings. The first kappa shape index (κ1) is 20.6. The van der Waals surface area contributed by atoms with Crippen molar-refractivity contribution in [3.05, 3.63) is 42.0 Å². The number of anilines is 1. The number of carbonyl (C=O) groups excluding carboxylic acids is 2. The summed E-state index contributed by atoms with van der Waals surface area (Å²) in [5.74, 6) is -2.91. The summed E-state index contributed by atoms with van der Waals surface area (Å²) in [4.78, 5) is 27.3. The summed E-state index contributed by atoms with van der Waals surface area (Å²) >= 11 is 0. The molecule has 3 saturated heterocycles. The second-order valence-electron chi connectivity index (χ2n) is 8.22. The number of carbonyl (C=O) groups is 2. The van der Waals surface area contributed by atoms with Crippen LogP contribution in [0.25, 0.3) is 0 Å². The molecule has 2 amide bonds. The van der Waals surface area contributed by atoms with Gasteiger partial charge < -0.3 is 9.47 Å². The van der Waals surface area contributed by atoms with Crippen LogP contribution in [0.15, 0.2) is 30.9 Å². The van der Waals surface area contributed by atoms with Crippen LogP contribution < -0.4 is 4.90 Å². The highest BCUT2D eigenvalue weighted by molar-refractivity contribution is 6.23. The Morgan fingerprint density at radius 1 is 1.33 bits per heavy atom. The van der Waals surface area contributed by atoms with E-state index in [1.165, 1.54) is 12.1 Å². The molecule has 6 nitrogen and oxygen atoms in total. The van der Waals surface area contributed by atoms with Crippen molar-refractivity contribution in [2.24, 2.45) is 11.8 Å². The van der Waals surface area contributed by atoms with Gasteiger partial charge in [-0.1, -0.05) is 6.08 Å². The molecule has 0 aliphatic carbocycles. The van der Waals surface area contributed by atoms with Gasteiger partial charge >= 0.3 is 6.18 Å². The molecule has 1 aromatic carbocycles. The van der Waals surface area contributed by atoms with Crippen LogP contribution in [-0.4, -0.2) is 35.7 Å². The number of rotatable bonds is 4. The summed E-state index contributed by atoms with van der Waals surface area (Å²) in [6.07, 6.45) is -3.30. The number of nitriles is 1. The lowest BCUT2D eigenvalue weighted by molar-refractivity contribution is -0.138. The standard InChI is InChI=1S/C21H19F3N2O4/c1-4-7-29-14-9-19(2)15-16(20(14,3)30-19)18(28)26(17(15)27)12-6-5-11(10-25)13(8-12)21(22,23)24/h4-6,8,14-16H,1,7,9H2,2-3H3/t14-,15+,16-,19?,20?/m1/s1. The zero-order chi connectivity index (χ0) is 22.1. The molecule has 0 saturated carbocycles. The lowest BCUT2D eigenvalue weighted by atomic mass is 9.67. The van der Waals surface area contributed by atoms with Gasteiger partial charge in [0.05, 0.1) is 53.0 Å². The molecular formula is C21H19F3N2O4. The fourth-order valence-corrected chi connectivity index (χ4v) is 5.16. The van der Waals surface area contributed by atoms with E-state index in [0.717, 1.165) is 11.0 Å². The quantitative estimate of drug-likeness (QED) is 0.552. The number of hydrogen-bond donors (Lipinski definition) is 0. The summed E-state index contributed by atoms with van der Waals surface area (Å²) in [5.41, 5.74) is -4.02. The van der Waals surface area contributed by atoms with Gasteiger partial charge in [-0.2, -0.15) is 18.4 Å². The van der Waals surface area contributed by atoms with E-state index in [4.69, 9.17) is 14.7 Å². The first-order valence-corrected chi connectivity index (χ1v) is 9.40. The second-order valence-corrected chi connectivity index (χ2v) is 8.22.